The summed E-state index contributed by atoms with van der Waals surface area (Å²) in [6.07, 6.45) is 2.31. The van der Waals surface area contributed by atoms with Crippen molar-refractivity contribution in [2.75, 3.05) is 0 Å². The molecule has 3 nitrogen and oxygen atoms in total. The highest BCUT2D eigenvalue weighted by Gasteiger charge is 2.16. The van der Waals surface area contributed by atoms with E-state index >= 15 is 0 Å². The van der Waals surface area contributed by atoms with Gasteiger partial charge in [0.2, 0.25) is 0 Å². The van der Waals surface area contributed by atoms with E-state index < -0.39 is 0 Å². The molecule has 1 aliphatic heterocycles. The SMILES string of the molecule is Oc1ccc(C2=COc3cccc(O)c3C2)cc1. The zero-order chi connectivity index (χ0) is 12.5. The third-order valence-electron chi connectivity index (χ3n) is 3.04. The van der Waals surface area contributed by atoms with Crippen molar-refractivity contribution < 1.29 is 14.9 Å². The molecular weight excluding hydrogens is 228 g/mol. The number of hydrogen-bond donors (Lipinski definition) is 2. The van der Waals surface area contributed by atoms with Gasteiger partial charge in [0.1, 0.15) is 17.2 Å². The quantitative estimate of drug-likeness (QED) is 0.805. The van der Waals surface area contributed by atoms with Crippen molar-refractivity contribution in [1.29, 1.82) is 0 Å². The van der Waals surface area contributed by atoms with E-state index in [0.29, 0.717) is 12.2 Å². The first-order valence-electron chi connectivity index (χ1n) is 5.70. The molecule has 1 heterocycles. The molecule has 0 fully saturated rings. The van der Waals surface area contributed by atoms with E-state index in [1.54, 1.807) is 30.5 Å². The molecule has 2 N–H and O–H groups in total. The topological polar surface area (TPSA) is 49.7 Å². The van der Waals surface area contributed by atoms with Crippen LogP contribution in [-0.2, 0) is 6.42 Å². The Morgan fingerprint density at radius 2 is 1.72 bits per heavy atom. The van der Waals surface area contributed by atoms with Gasteiger partial charge < -0.3 is 14.9 Å². The van der Waals surface area contributed by atoms with Crippen molar-refractivity contribution in [2.24, 2.45) is 0 Å². The predicted octanol–water partition coefficient (Wildman–Crippen LogP) is 3.07. The molecule has 0 unspecified atom stereocenters. The van der Waals surface area contributed by atoms with E-state index in [2.05, 4.69) is 0 Å². The van der Waals surface area contributed by atoms with Crippen LogP contribution in [0.2, 0.25) is 0 Å². The standard InChI is InChI=1S/C15H12O3/c16-12-6-4-10(5-7-12)11-8-13-14(17)2-1-3-15(13)18-9-11/h1-7,9,16-17H,8H2. The summed E-state index contributed by atoms with van der Waals surface area (Å²) in [6.45, 7) is 0. The molecule has 0 amide bonds. The molecule has 2 aromatic rings. The molecule has 3 rings (SSSR count). The van der Waals surface area contributed by atoms with Crippen LogP contribution in [0, 0.1) is 0 Å². The third-order valence-corrected chi connectivity index (χ3v) is 3.04. The van der Waals surface area contributed by atoms with Crippen LogP contribution < -0.4 is 4.74 Å². The first-order valence-corrected chi connectivity index (χ1v) is 5.70. The van der Waals surface area contributed by atoms with Gasteiger partial charge in [-0.15, -0.1) is 0 Å². The molecular formula is C15H12O3. The molecule has 1 aliphatic rings. The Morgan fingerprint density at radius 3 is 2.50 bits per heavy atom. The summed E-state index contributed by atoms with van der Waals surface area (Å²) in [5.41, 5.74) is 2.74. The number of hydrogen-bond acceptors (Lipinski definition) is 3. The minimum absolute atomic E-state index is 0.235. The summed E-state index contributed by atoms with van der Waals surface area (Å²) < 4.78 is 5.52. The summed E-state index contributed by atoms with van der Waals surface area (Å²) in [5, 5.41) is 19.1. The second kappa shape index (κ2) is 4.11. The Kier molecular flexibility index (Phi) is 2.45. The van der Waals surface area contributed by atoms with Gasteiger partial charge in [0.15, 0.2) is 0 Å². The number of fused-ring (bicyclic) bond motifs is 1. The first-order chi connectivity index (χ1) is 8.74. The summed E-state index contributed by atoms with van der Waals surface area (Å²) in [4.78, 5) is 0. The summed E-state index contributed by atoms with van der Waals surface area (Å²) in [6, 6.07) is 12.2. The molecule has 0 radical (unpaired) electrons. The van der Waals surface area contributed by atoms with E-state index in [0.717, 1.165) is 16.7 Å². The maximum absolute atomic E-state index is 9.82. The van der Waals surface area contributed by atoms with Gasteiger partial charge in [-0.2, -0.15) is 0 Å². The lowest BCUT2D eigenvalue weighted by Crippen LogP contribution is -2.02. The van der Waals surface area contributed by atoms with Gasteiger partial charge in [0.05, 0.1) is 6.26 Å². The second-order valence-electron chi connectivity index (χ2n) is 4.24. The Bertz CT molecular complexity index is 612. The van der Waals surface area contributed by atoms with Crippen LogP contribution in [0.3, 0.4) is 0 Å². The van der Waals surface area contributed by atoms with E-state index in [9.17, 15) is 10.2 Å². The number of phenols is 2. The molecule has 90 valence electrons. The molecule has 0 aliphatic carbocycles. The molecule has 2 aromatic carbocycles. The van der Waals surface area contributed by atoms with Gasteiger partial charge in [0, 0.05) is 12.0 Å². The lowest BCUT2D eigenvalue weighted by atomic mass is 9.96. The van der Waals surface area contributed by atoms with E-state index in [4.69, 9.17) is 4.74 Å². The molecule has 0 spiro atoms. The minimum atomic E-state index is 0.235. The van der Waals surface area contributed by atoms with Crippen molar-refractivity contribution in [3.8, 4) is 17.2 Å². The van der Waals surface area contributed by atoms with Crippen molar-refractivity contribution in [3.63, 3.8) is 0 Å². The summed E-state index contributed by atoms with van der Waals surface area (Å²) >= 11 is 0. The van der Waals surface area contributed by atoms with E-state index in [1.165, 1.54) is 0 Å². The molecule has 18 heavy (non-hydrogen) atoms. The molecule has 0 aromatic heterocycles. The molecule has 0 saturated carbocycles. The number of benzene rings is 2. The van der Waals surface area contributed by atoms with Crippen LogP contribution in [-0.4, -0.2) is 10.2 Å². The number of allylic oxidation sites excluding steroid dienone is 1. The molecule has 0 bridgehead atoms. The Labute approximate surface area is 105 Å². The van der Waals surface area contributed by atoms with Crippen LogP contribution in [0.15, 0.2) is 48.7 Å². The number of rotatable bonds is 1. The number of ether oxygens (including phenoxy) is 1. The lowest BCUT2D eigenvalue weighted by Gasteiger charge is -2.18. The highest BCUT2D eigenvalue weighted by Crippen LogP contribution is 2.36. The smallest absolute Gasteiger partial charge is 0.133 e. The van der Waals surface area contributed by atoms with Crippen molar-refractivity contribution in [3.05, 3.63) is 59.9 Å². The Morgan fingerprint density at radius 1 is 0.944 bits per heavy atom. The first kappa shape index (κ1) is 10.7. The Hall–Kier alpha value is -2.42. The van der Waals surface area contributed by atoms with Crippen molar-refractivity contribution >= 4 is 5.57 Å². The monoisotopic (exact) mass is 240 g/mol. The van der Waals surface area contributed by atoms with Crippen LogP contribution in [0.4, 0.5) is 0 Å². The maximum atomic E-state index is 9.82. The van der Waals surface area contributed by atoms with Gasteiger partial charge in [-0.3, -0.25) is 0 Å². The summed E-state index contributed by atoms with van der Waals surface area (Å²) in [5.74, 6) is 1.17. The zero-order valence-electron chi connectivity index (χ0n) is 9.63. The maximum Gasteiger partial charge on any atom is 0.133 e. The molecule has 3 heteroatoms. The third kappa shape index (κ3) is 1.80. The number of aromatic hydroxyl groups is 2. The highest BCUT2D eigenvalue weighted by molar-refractivity contribution is 5.71. The zero-order valence-corrected chi connectivity index (χ0v) is 9.63. The predicted molar refractivity (Wildman–Crippen MR) is 68.5 cm³/mol. The van der Waals surface area contributed by atoms with Gasteiger partial charge in [-0.25, -0.2) is 0 Å². The summed E-state index contributed by atoms with van der Waals surface area (Å²) in [7, 11) is 0. The molecule has 0 atom stereocenters. The normalized spacial score (nSPS) is 13.4. The Balaban J connectivity index is 1.96. The van der Waals surface area contributed by atoms with Crippen molar-refractivity contribution in [2.45, 2.75) is 6.42 Å². The fraction of sp³-hybridized carbons (Fsp3) is 0.0667. The van der Waals surface area contributed by atoms with Gasteiger partial charge >= 0.3 is 0 Å². The number of phenolic OH excluding ortho intramolecular Hbond substituents is 2. The largest absolute Gasteiger partial charge is 0.508 e. The second-order valence-corrected chi connectivity index (χ2v) is 4.24. The van der Waals surface area contributed by atoms with Crippen LogP contribution in [0.1, 0.15) is 11.1 Å². The molecule has 0 saturated heterocycles. The van der Waals surface area contributed by atoms with E-state index in [1.807, 2.05) is 18.2 Å². The average Bonchev–Trinajstić information content (AvgIpc) is 2.40. The van der Waals surface area contributed by atoms with E-state index in [-0.39, 0.29) is 11.5 Å². The van der Waals surface area contributed by atoms with Gasteiger partial charge in [-0.1, -0.05) is 18.2 Å². The minimum Gasteiger partial charge on any atom is -0.508 e. The average molecular weight is 240 g/mol. The fourth-order valence-corrected chi connectivity index (χ4v) is 2.05. The van der Waals surface area contributed by atoms with Crippen LogP contribution in [0.5, 0.6) is 17.2 Å². The van der Waals surface area contributed by atoms with Gasteiger partial charge in [0.25, 0.3) is 0 Å². The van der Waals surface area contributed by atoms with Crippen LogP contribution in [0.25, 0.3) is 5.57 Å². The van der Waals surface area contributed by atoms with Crippen LogP contribution >= 0.6 is 0 Å². The lowest BCUT2D eigenvalue weighted by molar-refractivity contribution is 0.438. The highest BCUT2D eigenvalue weighted by atomic mass is 16.5. The van der Waals surface area contributed by atoms with Crippen molar-refractivity contribution in [1.82, 2.24) is 0 Å². The van der Waals surface area contributed by atoms with Gasteiger partial charge in [-0.05, 0) is 35.4 Å². The fourth-order valence-electron chi connectivity index (χ4n) is 2.05.